The van der Waals surface area contributed by atoms with Gasteiger partial charge in [0.2, 0.25) is 11.7 Å². The van der Waals surface area contributed by atoms with Crippen LogP contribution >= 0.6 is 0 Å². The molecule has 53 heavy (non-hydrogen) atoms. The number of pyridine rings is 2. The molecule has 0 spiro atoms. The van der Waals surface area contributed by atoms with Gasteiger partial charge in [-0.15, -0.1) is 0 Å². The first kappa shape index (κ1) is 37.4. The zero-order valence-electron chi connectivity index (χ0n) is 28.4. The monoisotopic (exact) mass is 723 g/mol. The molecule has 0 bridgehead atoms. The second-order valence-electron chi connectivity index (χ2n) is 11.3. The molecule has 0 saturated carbocycles. The van der Waals surface area contributed by atoms with Crippen LogP contribution in [0.15, 0.2) is 121 Å². The van der Waals surface area contributed by atoms with E-state index in [2.05, 4.69) is 15.3 Å². The molecule has 1 aliphatic rings. The van der Waals surface area contributed by atoms with Crippen molar-refractivity contribution in [2.45, 2.75) is 37.4 Å². The maximum Gasteiger partial charge on any atom is 0.373 e. The van der Waals surface area contributed by atoms with Crippen molar-refractivity contribution < 1.29 is 57.2 Å². The Morgan fingerprint density at radius 3 is 1.77 bits per heavy atom. The molecule has 0 radical (unpaired) electrons. The van der Waals surface area contributed by atoms with Crippen LogP contribution in [-0.4, -0.2) is 89.9 Å². The highest BCUT2D eigenvalue weighted by Gasteiger charge is 2.50. The number of ether oxygens (including phenoxy) is 6. The van der Waals surface area contributed by atoms with E-state index in [-0.39, 0.29) is 22.5 Å². The van der Waals surface area contributed by atoms with Crippen molar-refractivity contribution in [3.63, 3.8) is 0 Å². The number of benzene rings is 2. The largest absolute Gasteiger partial charge is 0.477 e. The van der Waals surface area contributed by atoms with Crippen LogP contribution in [0.2, 0.25) is 0 Å². The van der Waals surface area contributed by atoms with E-state index in [0.717, 1.165) is 13.2 Å². The maximum absolute atomic E-state index is 13.7. The zero-order valence-corrected chi connectivity index (χ0v) is 28.4. The maximum atomic E-state index is 13.7. The molecule has 5 atom stereocenters. The van der Waals surface area contributed by atoms with Gasteiger partial charge in [0.1, 0.15) is 30.1 Å². The average Bonchev–Trinajstić information content (AvgIpc) is 3.19. The molecule has 272 valence electrons. The summed E-state index contributed by atoms with van der Waals surface area (Å²) in [7, 11) is 1.07. The minimum Gasteiger partial charge on any atom is -0.477 e. The summed E-state index contributed by atoms with van der Waals surface area (Å²) in [4.78, 5) is 87.4. The molecule has 1 amide bonds. The van der Waals surface area contributed by atoms with Crippen LogP contribution in [0.5, 0.6) is 0 Å². The molecular weight excluding hydrogens is 690 g/mol. The van der Waals surface area contributed by atoms with Crippen LogP contribution in [0.1, 0.15) is 48.6 Å². The number of methoxy groups -OCH3 is 1. The first-order valence-electron chi connectivity index (χ1n) is 16.1. The van der Waals surface area contributed by atoms with Crippen LogP contribution in [0.4, 0.5) is 0 Å². The topological polar surface area (TPSA) is 196 Å². The summed E-state index contributed by atoms with van der Waals surface area (Å²) in [5.74, 6) is -5.92. The zero-order chi connectivity index (χ0) is 37.7. The third-order valence-corrected chi connectivity index (χ3v) is 7.62. The highest BCUT2D eigenvalue weighted by Crippen LogP contribution is 2.29. The Balaban J connectivity index is 1.61. The third kappa shape index (κ3) is 9.88. The molecule has 1 aliphatic heterocycles. The number of nitrogens with one attached hydrogen (secondary N) is 1. The summed E-state index contributed by atoms with van der Waals surface area (Å²) in [6, 6.07) is 23.2. The number of carbonyl (C=O) groups is 6. The van der Waals surface area contributed by atoms with E-state index >= 15 is 0 Å². The lowest BCUT2D eigenvalue weighted by Crippen LogP contribution is -2.62. The Kier molecular flexibility index (Phi) is 12.6. The van der Waals surface area contributed by atoms with E-state index in [1.54, 1.807) is 48.5 Å². The molecule has 4 aromatic rings. The quantitative estimate of drug-likeness (QED) is 0.156. The van der Waals surface area contributed by atoms with Gasteiger partial charge in [0.25, 0.3) is 0 Å². The molecular formula is C38H33N3O12. The Bertz CT molecular complexity index is 1940. The first-order chi connectivity index (χ1) is 25.6. The lowest BCUT2D eigenvalue weighted by atomic mass is 9.93. The predicted molar refractivity (Wildman–Crippen MR) is 182 cm³/mol. The molecule has 0 fully saturated rings. The standard InChI is InChI=1S/C38H33N3O12/c1-23(42)41-31-28(51-35(44)25-15-7-4-8-16-25)21-29(38(47)48-2)50-33(31)32(53-37(46)27-18-10-12-20-40-27)30(52-36(45)26-17-9-11-19-39-26)22-49-34(43)24-13-5-3-6-14-24/h3-21,28,30-33H,22H2,1-2H3,(H,41,42)/t28-,30?,31+,32?,33+/m0/s1. The molecule has 3 heterocycles. The minimum absolute atomic E-state index is 0.137. The van der Waals surface area contributed by atoms with Gasteiger partial charge in [0, 0.05) is 25.4 Å². The van der Waals surface area contributed by atoms with Gasteiger partial charge in [0.15, 0.2) is 18.3 Å². The summed E-state index contributed by atoms with van der Waals surface area (Å²) in [5, 5.41) is 2.63. The minimum atomic E-state index is -1.82. The van der Waals surface area contributed by atoms with Crippen LogP contribution in [0.25, 0.3) is 0 Å². The van der Waals surface area contributed by atoms with Gasteiger partial charge in [-0.3, -0.25) is 4.79 Å². The second-order valence-corrected chi connectivity index (χ2v) is 11.3. The molecule has 0 saturated heterocycles. The Morgan fingerprint density at radius 1 is 0.698 bits per heavy atom. The van der Waals surface area contributed by atoms with E-state index in [1.165, 1.54) is 67.8 Å². The van der Waals surface area contributed by atoms with Crippen LogP contribution in [0, 0.1) is 0 Å². The smallest absolute Gasteiger partial charge is 0.373 e. The Morgan fingerprint density at radius 2 is 1.25 bits per heavy atom. The highest BCUT2D eigenvalue weighted by molar-refractivity contribution is 5.91. The third-order valence-electron chi connectivity index (χ3n) is 7.62. The van der Waals surface area contributed by atoms with E-state index in [9.17, 15) is 28.8 Å². The molecule has 0 aliphatic carbocycles. The normalized spacial score (nSPS) is 17.3. The van der Waals surface area contributed by atoms with Crippen LogP contribution < -0.4 is 5.32 Å². The number of amides is 1. The second kappa shape index (κ2) is 17.8. The van der Waals surface area contributed by atoms with Gasteiger partial charge in [0.05, 0.1) is 18.2 Å². The average molecular weight is 724 g/mol. The summed E-state index contributed by atoms with van der Waals surface area (Å²) in [6.45, 7) is 0.423. The van der Waals surface area contributed by atoms with Gasteiger partial charge in [-0.05, 0) is 48.5 Å². The molecule has 1 N–H and O–H groups in total. The van der Waals surface area contributed by atoms with E-state index in [0.29, 0.717) is 0 Å². The molecule has 5 rings (SSSR count). The van der Waals surface area contributed by atoms with Crippen molar-refractivity contribution in [1.29, 1.82) is 0 Å². The van der Waals surface area contributed by atoms with Crippen molar-refractivity contribution in [2.24, 2.45) is 0 Å². The van der Waals surface area contributed by atoms with Crippen LogP contribution in [0.3, 0.4) is 0 Å². The van der Waals surface area contributed by atoms with Crippen molar-refractivity contribution in [2.75, 3.05) is 13.7 Å². The number of esters is 5. The van der Waals surface area contributed by atoms with Crippen LogP contribution in [-0.2, 0) is 38.0 Å². The molecule has 2 aromatic heterocycles. The lowest BCUT2D eigenvalue weighted by molar-refractivity contribution is -0.153. The van der Waals surface area contributed by atoms with Gasteiger partial charge >= 0.3 is 29.8 Å². The van der Waals surface area contributed by atoms with Gasteiger partial charge in [-0.2, -0.15) is 0 Å². The fourth-order valence-corrected chi connectivity index (χ4v) is 5.17. The summed E-state index contributed by atoms with van der Waals surface area (Å²) < 4.78 is 34.1. The fraction of sp³-hybridized carbons (Fsp3) is 0.211. The van der Waals surface area contributed by atoms with Crippen molar-refractivity contribution in [3.05, 3.63) is 144 Å². The number of nitrogens with zero attached hydrogens (tertiary/aromatic N) is 2. The van der Waals surface area contributed by atoms with Crippen molar-refractivity contribution in [3.8, 4) is 0 Å². The van der Waals surface area contributed by atoms with Gasteiger partial charge in [-0.1, -0.05) is 48.5 Å². The van der Waals surface area contributed by atoms with E-state index in [4.69, 9.17) is 28.4 Å². The number of hydrogen-bond acceptors (Lipinski definition) is 14. The van der Waals surface area contributed by atoms with Gasteiger partial charge in [-0.25, -0.2) is 33.9 Å². The van der Waals surface area contributed by atoms with Crippen molar-refractivity contribution in [1.82, 2.24) is 15.3 Å². The summed E-state index contributed by atoms with van der Waals surface area (Å²) in [6.07, 6.45) is -2.88. The molecule has 2 unspecified atom stereocenters. The van der Waals surface area contributed by atoms with E-state index in [1.807, 2.05) is 0 Å². The summed E-state index contributed by atoms with van der Waals surface area (Å²) in [5.41, 5.74) is -0.0536. The molecule has 15 nitrogen and oxygen atoms in total. The van der Waals surface area contributed by atoms with Crippen molar-refractivity contribution >= 4 is 35.8 Å². The number of carbonyl (C=O) groups excluding carboxylic acids is 6. The SMILES string of the molecule is COC(=O)C1=C[C@H](OC(=O)c2ccccc2)[C@@H](NC(C)=O)[C@H](C(OC(=O)c2ccccn2)C(COC(=O)c2ccccc2)OC(=O)c2ccccn2)O1. The Labute approximate surface area is 302 Å². The fourth-order valence-electron chi connectivity index (χ4n) is 5.17. The number of rotatable bonds is 13. The summed E-state index contributed by atoms with van der Waals surface area (Å²) >= 11 is 0. The lowest BCUT2D eigenvalue weighted by Gasteiger charge is -2.41. The Hall–Kier alpha value is -6.90. The highest BCUT2D eigenvalue weighted by atomic mass is 16.6. The predicted octanol–water partition coefficient (Wildman–Crippen LogP) is 3.27. The number of hydrogen-bond donors (Lipinski definition) is 1. The molecule has 15 heteroatoms. The van der Waals surface area contributed by atoms with Gasteiger partial charge < -0.3 is 33.7 Å². The number of aromatic nitrogens is 2. The van der Waals surface area contributed by atoms with E-state index < -0.39 is 78.6 Å². The first-order valence-corrected chi connectivity index (χ1v) is 16.1. The molecule has 2 aromatic carbocycles.